The van der Waals surface area contributed by atoms with Gasteiger partial charge in [-0.05, 0) is 17.3 Å². The maximum Gasteiger partial charge on any atom is 0.168 e. The number of aldehydes is 1. The second-order valence-corrected chi connectivity index (χ2v) is 4.62. The van der Waals surface area contributed by atoms with Gasteiger partial charge in [0.2, 0.25) is 0 Å². The van der Waals surface area contributed by atoms with Crippen LogP contribution < -0.4 is 0 Å². The van der Waals surface area contributed by atoms with Gasteiger partial charge in [0.15, 0.2) is 11.5 Å². The lowest BCUT2D eigenvalue weighted by Crippen LogP contribution is -2.19. The fourth-order valence-electron chi connectivity index (χ4n) is 1.98. The van der Waals surface area contributed by atoms with E-state index < -0.39 is 0 Å². The van der Waals surface area contributed by atoms with Crippen LogP contribution in [0, 0.1) is 0 Å². The smallest absolute Gasteiger partial charge is 0.168 e. The Morgan fingerprint density at radius 2 is 2.12 bits per heavy atom. The number of benzene rings is 1. The molecule has 3 nitrogen and oxygen atoms in total. The van der Waals surface area contributed by atoms with Crippen molar-refractivity contribution in [3.63, 3.8) is 0 Å². The van der Waals surface area contributed by atoms with E-state index in [2.05, 4.69) is 9.89 Å². The minimum Gasteiger partial charge on any atom is -0.317 e. The lowest BCUT2D eigenvalue weighted by molar-refractivity contribution is -0.104. The summed E-state index contributed by atoms with van der Waals surface area (Å²) in [4.78, 5) is 18.3. The zero-order valence-electron chi connectivity index (χ0n) is 8.59. The Kier molecular flexibility index (Phi) is 2.29. The number of rotatable bonds is 2. The molecule has 0 aromatic heterocycles. The minimum atomic E-state index is 0.768. The van der Waals surface area contributed by atoms with Crippen LogP contribution in [0.4, 0.5) is 0 Å². The molecule has 0 saturated heterocycles. The largest absolute Gasteiger partial charge is 0.317 e. The highest BCUT2D eigenvalue weighted by molar-refractivity contribution is 8.18. The van der Waals surface area contributed by atoms with Crippen molar-refractivity contribution in [1.29, 1.82) is 0 Å². The predicted octanol–water partition coefficient (Wildman–Crippen LogP) is 1.97. The molecule has 1 aromatic carbocycles. The predicted molar refractivity (Wildman–Crippen MR) is 66.0 cm³/mol. The minimum absolute atomic E-state index is 0.768. The molecule has 0 fully saturated rings. The molecule has 4 heteroatoms. The third kappa shape index (κ3) is 1.38. The first-order valence-corrected chi connectivity index (χ1v) is 5.96. The van der Waals surface area contributed by atoms with Gasteiger partial charge in [0, 0.05) is 6.54 Å². The molecule has 0 spiro atoms. The Morgan fingerprint density at radius 1 is 1.31 bits per heavy atom. The summed E-state index contributed by atoms with van der Waals surface area (Å²) in [6.45, 7) is 1.70. The molecule has 0 radical (unpaired) electrons. The Morgan fingerprint density at radius 3 is 2.88 bits per heavy atom. The van der Waals surface area contributed by atoms with E-state index in [0.717, 1.165) is 40.7 Å². The van der Waals surface area contributed by atoms with Crippen LogP contribution in [0.2, 0.25) is 0 Å². The van der Waals surface area contributed by atoms with Crippen LogP contribution in [0.3, 0.4) is 0 Å². The second-order valence-electron chi connectivity index (χ2n) is 3.61. The van der Waals surface area contributed by atoms with Crippen molar-refractivity contribution in [2.45, 2.75) is 0 Å². The van der Waals surface area contributed by atoms with Crippen molar-refractivity contribution in [3.05, 3.63) is 40.8 Å². The number of hydrogen-bond acceptors (Lipinski definition) is 4. The molecule has 80 valence electrons. The molecular weight excluding hydrogens is 220 g/mol. The third-order valence-electron chi connectivity index (χ3n) is 2.66. The maximum absolute atomic E-state index is 11.1. The van der Waals surface area contributed by atoms with E-state index in [1.165, 1.54) is 11.8 Å². The van der Waals surface area contributed by atoms with Crippen LogP contribution in [0.15, 0.2) is 40.2 Å². The van der Waals surface area contributed by atoms with E-state index in [9.17, 15) is 4.79 Å². The maximum atomic E-state index is 11.1. The van der Waals surface area contributed by atoms with Crippen LogP contribution in [0.25, 0.3) is 5.70 Å². The van der Waals surface area contributed by atoms with Gasteiger partial charge in [0.1, 0.15) is 0 Å². The van der Waals surface area contributed by atoms with Crippen molar-refractivity contribution in [1.82, 2.24) is 4.90 Å². The Labute approximate surface area is 97.9 Å². The van der Waals surface area contributed by atoms with Crippen LogP contribution >= 0.6 is 11.8 Å². The number of amidine groups is 1. The molecule has 1 aromatic rings. The molecule has 0 saturated carbocycles. The quantitative estimate of drug-likeness (QED) is 0.728. The number of hydrogen-bond donors (Lipinski definition) is 0. The van der Waals surface area contributed by atoms with E-state index in [1.807, 2.05) is 30.3 Å². The highest BCUT2D eigenvalue weighted by Crippen LogP contribution is 2.40. The molecule has 0 N–H and O–H groups in total. The van der Waals surface area contributed by atoms with Gasteiger partial charge >= 0.3 is 0 Å². The summed E-state index contributed by atoms with van der Waals surface area (Å²) in [6, 6.07) is 10.0. The normalized spacial score (nSPS) is 18.8. The van der Waals surface area contributed by atoms with Crippen LogP contribution in [0.5, 0.6) is 0 Å². The SMILES string of the molecule is O=CC1=C(c2ccccc2)N2CCN=C2S1. The van der Waals surface area contributed by atoms with Gasteiger partial charge in [-0.2, -0.15) is 0 Å². The molecule has 0 aliphatic carbocycles. The summed E-state index contributed by atoms with van der Waals surface area (Å²) in [5.74, 6) is 0. The molecule has 2 aliphatic heterocycles. The Balaban J connectivity index is 2.10. The van der Waals surface area contributed by atoms with E-state index in [4.69, 9.17) is 0 Å². The highest BCUT2D eigenvalue weighted by atomic mass is 32.2. The zero-order valence-corrected chi connectivity index (χ0v) is 9.41. The molecule has 2 heterocycles. The number of allylic oxidation sites excluding steroid dienone is 1. The summed E-state index contributed by atoms with van der Waals surface area (Å²) < 4.78 is 0. The van der Waals surface area contributed by atoms with Crippen molar-refractivity contribution >= 4 is 28.9 Å². The number of carbonyl (C=O) groups excluding carboxylic acids is 1. The summed E-state index contributed by atoms with van der Waals surface area (Å²) in [7, 11) is 0. The van der Waals surface area contributed by atoms with Gasteiger partial charge < -0.3 is 4.90 Å². The molecule has 0 bridgehead atoms. The molecule has 0 amide bonds. The Bertz CT molecular complexity index is 493. The first-order valence-electron chi connectivity index (χ1n) is 5.15. The summed E-state index contributed by atoms with van der Waals surface area (Å²) in [5.41, 5.74) is 2.10. The number of thioether (sulfide) groups is 1. The second kappa shape index (κ2) is 3.79. The van der Waals surface area contributed by atoms with Crippen molar-refractivity contribution in [2.24, 2.45) is 4.99 Å². The van der Waals surface area contributed by atoms with Crippen LogP contribution in [-0.2, 0) is 4.79 Å². The van der Waals surface area contributed by atoms with Gasteiger partial charge in [0.05, 0.1) is 17.1 Å². The van der Waals surface area contributed by atoms with Gasteiger partial charge in [-0.25, -0.2) is 0 Å². The van der Waals surface area contributed by atoms with Crippen LogP contribution in [0.1, 0.15) is 5.56 Å². The van der Waals surface area contributed by atoms with E-state index in [-0.39, 0.29) is 0 Å². The lowest BCUT2D eigenvalue weighted by atomic mass is 10.1. The molecule has 0 unspecified atom stereocenters. The van der Waals surface area contributed by atoms with Gasteiger partial charge in [0.25, 0.3) is 0 Å². The van der Waals surface area contributed by atoms with E-state index in [1.54, 1.807) is 0 Å². The standard InChI is InChI=1S/C12H10N2OS/c15-8-10-11(9-4-2-1-3-5-9)14-7-6-13-12(14)16-10/h1-5,8H,6-7H2. The van der Waals surface area contributed by atoms with Crippen molar-refractivity contribution < 1.29 is 4.79 Å². The topological polar surface area (TPSA) is 32.7 Å². The van der Waals surface area contributed by atoms with Gasteiger partial charge in [-0.15, -0.1) is 0 Å². The Hall–Kier alpha value is -1.55. The first kappa shape index (κ1) is 9.66. The number of nitrogens with zero attached hydrogens (tertiary/aromatic N) is 2. The van der Waals surface area contributed by atoms with Crippen LogP contribution in [-0.4, -0.2) is 29.4 Å². The number of aliphatic imine (C=N–C) groups is 1. The average molecular weight is 230 g/mol. The van der Waals surface area contributed by atoms with E-state index in [0.29, 0.717) is 0 Å². The molecule has 16 heavy (non-hydrogen) atoms. The third-order valence-corrected chi connectivity index (χ3v) is 3.70. The first-order chi connectivity index (χ1) is 7.90. The van der Waals surface area contributed by atoms with Gasteiger partial charge in [-0.3, -0.25) is 9.79 Å². The fraction of sp³-hybridized carbons (Fsp3) is 0.167. The lowest BCUT2D eigenvalue weighted by Gasteiger charge is -2.16. The summed E-state index contributed by atoms with van der Waals surface area (Å²) in [5, 5.41) is 0.959. The zero-order chi connectivity index (χ0) is 11.0. The number of fused-ring (bicyclic) bond motifs is 1. The summed E-state index contributed by atoms with van der Waals surface area (Å²) in [6.07, 6.45) is 0.924. The molecule has 3 rings (SSSR count). The molecular formula is C12H10N2OS. The summed E-state index contributed by atoms with van der Waals surface area (Å²) >= 11 is 1.47. The number of carbonyl (C=O) groups is 1. The molecule has 2 aliphatic rings. The van der Waals surface area contributed by atoms with Crippen molar-refractivity contribution in [3.8, 4) is 0 Å². The van der Waals surface area contributed by atoms with Gasteiger partial charge in [-0.1, -0.05) is 30.3 Å². The molecule has 0 atom stereocenters. The highest BCUT2D eigenvalue weighted by Gasteiger charge is 2.32. The fourth-order valence-corrected chi connectivity index (χ4v) is 2.99. The monoisotopic (exact) mass is 230 g/mol. The van der Waals surface area contributed by atoms with E-state index >= 15 is 0 Å². The average Bonchev–Trinajstić information content (AvgIpc) is 2.89. The van der Waals surface area contributed by atoms with Crippen molar-refractivity contribution in [2.75, 3.05) is 13.1 Å².